The zero-order valence-corrected chi connectivity index (χ0v) is 9.45. The standard InChI is InChI=1S/C8H2ClF11/c9-3(10)1(4(11,12)7(3,17)18)2-5(13,14)8(19,20)6(2,15)16/h1-2H. The van der Waals surface area contributed by atoms with Crippen LogP contribution in [0.5, 0.6) is 0 Å². The first-order valence-electron chi connectivity index (χ1n) is 4.76. The second kappa shape index (κ2) is 3.30. The van der Waals surface area contributed by atoms with Gasteiger partial charge >= 0.3 is 29.6 Å². The Morgan fingerprint density at radius 3 is 1.10 bits per heavy atom. The molecular weight excluding hydrogens is 341 g/mol. The average Bonchev–Trinajstić information content (AvgIpc) is 2.22. The summed E-state index contributed by atoms with van der Waals surface area (Å²) in [7, 11) is 0. The van der Waals surface area contributed by atoms with Crippen LogP contribution in [0.4, 0.5) is 48.3 Å². The maximum absolute atomic E-state index is 13.2. The van der Waals surface area contributed by atoms with Gasteiger partial charge in [-0.15, -0.1) is 0 Å². The van der Waals surface area contributed by atoms with E-state index >= 15 is 0 Å². The van der Waals surface area contributed by atoms with E-state index in [9.17, 15) is 48.3 Å². The van der Waals surface area contributed by atoms with Crippen molar-refractivity contribution >= 4 is 11.6 Å². The second-order valence-corrected chi connectivity index (χ2v) is 5.15. The molecule has 0 aliphatic heterocycles. The van der Waals surface area contributed by atoms with E-state index in [2.05, 4.69) is 11.6 Å². The van der Waals surface area contributed by atoms with E-state index in [1.807, 2.05) is 0 Å². The lowest BCUT2D eigenvalue weighted by Gasteiger charge is -2.61. The second-order valence-electron chi connectivity index (χ2n) is 4.60. The van der Waals surface area contributed by atoms with Crippen LogP contribution in [-0.2, 0) is 0 Å². The number of alkyl halides is 12. The van der Waals surface area contributed by atoms with Gasteiger partial charge in [-0.05, 0) is 0 Å². The smallest absolute Gasteiger partial charge is 0.219 e. The van der Waals surface area contributed by atoms with Crippen molar-refractivity contribution in [2.75, 3.05) is 0 Å². The van der Waals surface area contributed by atoms with Crippen LogP contribution in [0.2, 0.25) is 0 Å². The van der Waals surface area contributed by atoms with E-state index in [1.54, 1.807) is 0 Å². The molecule has 2 aliphatic carbocycles. The summed E-state index contributed by atoms with van der Waals surface area (Å²) in [4.78, 5) is 0. The lowest BCUT2D eigenvalue weighted by Crippen LogP contribution is -2.86. The van der Waals surface area contributed by atoms with Crippen molar-refractivity contribution in [3.63, 3.8) is 0 Å². The van der Waals surface area contributed by atoms with Gasteiger partial charge in [-0.3, -0.25) is 0 Å². The average molecular weight is 343 g/mol. The summed E-state index contributed by atoms with van der Waals surface area (Å²) in [5.74, 6) is -37.6. The molecule has 0 N–H and O–H groups in total. The lowest BCUT2D eigenvalue weighted by molar-refractivity contribution is -0.489. The normalized spacial score (nSPS) is 43.5. The fourth-order valence-electron chi connectivity index (χ4n) is 2.36. The van der Waals surface area contributed by atoms with Gasteiger partial charge in [0, 0.05) is 0 Å². The minimum absolute atomic E-state index is 4.16. The van der Waals surface area contributed by atoms with Gasteiger partial charge in [0.25, 0.3) is 5.13 Å². The minimum Gasteiger partial charge on any atom is -0.219 e. The predicted molar refractivity (Wildman–Crippen MR) is 41.4 cm³/mol. The molecule has 118 valence electrons. The van der Waals surface area contributed by atoms with Crippen LogP contribution in [0.25, 0.3) is 0 Å². The number of rotatable bonds is 1. The van der Waals surface area contributed by atoms with E-state index in [0.29, 0.717) is 0 Å². The van der Waals surface area contributed by atoms with E-state index in [1.165, 1.54) is 0 Å². The summed E-state index contributed by atoms with van der Waals surface area (Å²) < 4.78 is 141. The Labute approximate surface area is 107 Å². The lowest BCUT2D eigenvalue weighted by atomic mass is 9.55. The third-order valence-electron chi connectivity index (χ3n) is 3.57. The van der Waals surface area contributed by atoms with Crippen molar-refractivity contribution in [3.8, 4) is 0 Å². The van der Waals surface area contributed by atoms with Crippen molar-refractivity contribution in [1.29, 1.82) is 0 Å². The summed E-state index contributed by atoms with van der Waals surface area (Å²) in [5.41, 5.74) is 0. The van der Waals surface area contributed by atoms with Crippen molar-refractivity contribution in [2.24, 2.45) is 11.8 Å². The summed E-state index contributed by atoms with van der Waals surface area (Å²) in [6.07, 6.45) is 0. The van der Waals surface area contributed by atoms with Crippen LogP contribution < -0.4 is 0 Å². The summed E-state index contributed by atoms with van der Waals surface area (Å²) in [5, 5.41) is -4.98. The monoisotopic (exact) mass is 342 g/mol. The first-order chi connectivity index (χ1) is 8.49. The van der Waals surface area contributed by atoms with Crippen LogP contribution in [-0.4, -0.2) is 34.7 Å². The highest BCUT2D eigenvalue weighted by Crippen LogP contribution is 2.77. The Morgan fingerprint density at radius 1 is 0.500 bits per heavy atom. The van der Waals surface area contributed by atoms with Crippen molar-refractivity contribution < 1.29 is 48.3 Å². The summed E-state index contributed by atoms with van der Waals surface area (Å²) in [6.45, 7) is 0. The molecule has 12 heteroatoms. The van der Waals surface area contributed by atoms with E-state index in [0.717, 1.165) is 0 Å². The molecule has 2 rings (SSSR count). The Bertz CT molecular complexity index is 375. The van der Waals surface area contributed by atoms with Gasteiger partial charge in [-0.1, -0.05) is 11.6 Å². The van der Waals surface area contributed by atoms with Crippen LogP contribution in [0.3, 0.4) is 0 Å². The maximum atomic E-state index is 13.2. The fourth-order valence-corrected chi connectivity index (χ4v) is 2.75. The number of hydrogen-bond donors (Lipinski definition) is 0. The van der Waals surface area contributed by atoms with Crippen molar-refractivity contribution in [3.05, 3.63) is 0 Å². The molecule has 0 spiro atoms. The molecule has 0 nitrogen and oxygen atoms in total. The zero-order chi connectivity index (χ0) is 16.2. The quantitative estimate of drug-likeness (QED) is 0.491. The highest BCUT2D eigenvalue weighted by molar-refractivity contribution is 6.24. The molecule has 0 aromatic carbocycles. The highest BCUT2D eigenvalue weighted by Gasteiger charge is 3.01. The minimum atomic E-state index is -6.06. The molecule has 0 amide bonds. The molecule has 0 saturated heterocycles. The third kappa shape index (κ3) is 1.19. The molecule has 0 bridgehead atoms. The third-order valence-corrected chi connectivity index (χ3v) is 4.04. The van der Waals surface area contributed by atoms with E-state index in [-0.39, 0.29) is 0 Å². The van der Waals surface area contributed by atoms with Gasteiger partial charge < -0.3 is 0 Å². The molecule has 0 aromatic rings. The Balaban J connectivity index is 2.49. The van der Waals surface area contributed by atoms with Gasteiger partial charge in [-0.2, -0.15) is 43.9 Å². The van der Waals surface area contributed by atoms with E-state index < -0.39 is 46.6 Å². The first kappa shape index (κ1) is 15.9. The van der Waals surface area contributed by atoms with Crippen LogP contribution >= 0.6 is 11.6 Å². The Kier molecular flexibility index (Phi) is 2.62. The molecule has 20 heavy (non-hydrogen) atoms. The van der Waals surface area contributed by atoms with Crippen molar-refractivity contribution in [2.45, 2.75) is 34.7 Å². The van der Waals surface area contributed by atoms with Crippen LogP contribution in [0.1, 0.15) is 0 Å². The topological polar surface area (TPSA) is 0 Å². The Morgan fingerprint density at radius 2 is 0.800 bits per heavy atom. The van der Waals surface area contributed by atoms with Gasteiger partial charge in [0.1, 0.15) is 5.92 Å². The molecule has 0 aromatic heterocycles. The number of halogens is 12. The molecular formula is C8H2ClF11. The van der Waals surface area contributed by atoms with Crippen LogP contribution in [0, 0.1) is 11.8 Å². The Hall–Kier alpha value is -0.480. The van der Waals surface area contributed by atoms with E-state index in [4.69, 9.17) is 0 Å². The molecule has 2 saturated carbocycles. The highest BCUT2D eigenvalue weighted by atomic mass is 35.5. The zero-order valence-electron chi connectivity index (χ0n) is 8.69. The van der Waals surface area contributed by atoms with Gasteiger partial charge in [0.15, 0.2) is 0 Å². The largest absolute Gasteiger partial charge is 0.373 e. The maximum Gasteiger partial charge on any atom is 0.373 e. The molecule has 2 unspecified atom stereocenters. The molecule has 0 radical (unpaired) electrons. The number of hydrogen-bond acceptors (Lipinski definition) is 0. The van der Waals surface area contributed by atoms with Gasteiger partial charge in [0.05, 0.1) is 5.92 Å². The predicted octanol–water partition coefficient (Wildman–Crippen LogP) is 4.33. The van der Waals surface area contributed by atoms with Crippen LogP contribution in [0.15, 0.2) is 0 Å². The summed E-state index contributed by atoms with van der Waals surface area (Å²) >= 11 is 4.29. The molecule has 0 heterocycles. The fraction of sp³-hybridized carbons (Fsp3) is 1.00. The van der Waals surface area contributed by atoms with Gasteiger partial charge in [0.2, 0.25) is 0 Å². The van der Waals surface area contributed by atoms with Crippen molar-refractivity contribution in [1.82, 2.24) is 0 Å². The van der Waals surface area contributed by atoms with Gasteiger partial charge in [-0.25, -0.2) is 4.39 Å². The SMILES string of the molecule is FC1(F)C(C2C(F)(F)C(F)(F)C2(F)Cl)C(F)(F)C1(F)F. The molecule has 2 fully saturated rings. The molecule has 2 atom stereocenters. The summed E-state index contributed by atoms with van der Waals surface area (Å²) in [6, 6.07) is 0. The molecule has 2 aliphatic rings. The first-order valence-corrected chi connectivity index (χ1v) is 5.13.